The van der Waals surface area contributed by atoms with Crippen molar-refractivity contribution in [2.45, 2.75) is 55.9 Å². The maximum atomic E-state index is 11.8. The zero-order valence-electron chi connectivity index (χ0n) is 12.4. The second-order valence-electron chi connectivity index (χ2n) is 6.28. The summed E-state index contributed by atoms with van der Waals surface area (Å²) in [7, 11) is -2.94. The molecule has 3 atom stereocenters. The molecule has 0 aromatic rings. The molecule has 1 aliphatic heterocycles. The van der Waals surface area contributed by atoms with E-state index in [0.29, 0.717) is 18.6 Å². The quantitative estimate of drug-likeness (QED) is 0.743. The van der Waals surface area contributed by atoms with Crippen LogP contribution in [0.1, 0.15) is 38.5 Å². The van der Waals surface area contributed by atoms with Crippen LogP contribution in [0.2, 0.25) is 0 Å². The number of rotatable bonds is 6. The van der Waals surface area contributed by atoms with Crippen LogP contribution in [0.25, 0.3) is 0 Å². The zero-order valence-corrected chi connectivity index (χ0v) is 13.2. The molecule has 1 saturated carbocycles. The van der Waals surface area contributed by atoms with Gasteiger partial charge in [0.05, 0.1) is 11.9 Å². The summed E-state index contributed by atoms with van der Waals surface area (Å²) in [5, 5.41) is 12.6. The first-order valence-corrected chi connectivity index (χ1v) is 9.73. The summed E-state index contributed by atoms with van der Waals surface area (Å²) in [6.07, 6.45) is 7.31. The number of nitrogens with zero attached hydrogens (tertiary/aromatic N) is 1. The summed E-state index contributed by atoms with van der Waals surface area (Å²) in [4.78, 5) is 2.31. The van der Waals surface area contributed by atoms with Crippen LogP contribution in [0.3, 0.4) is 0 Å². The molecule has 1 heterocycles. The maximum Gasteiger partial charge on any atom is 0.150 e. The van der Waals surface area contributed by atoms with Crippen LogP contribution in [0, 0.1) is 0 Å². The highest BCUT2D eigenvalue weighted by Crippen LogP contribution is 2.27. The van der Waals surface area contributed by atoms with Crippen molar-refractivity contribution < 1.29 is 13.5 Å². The molecule has 2 rings (SSSR count). The fraction of sp³-hybridized carbons (Fsp3) is 1.00. The lowest BCUT2D eigenvalue weighted by Crippen LogP contribution is -2.48. The highest BCUT2D eigenvalue weighted by atomic mass is 32.2. The summed E-state index contributed by atoms with van der Waals surface area (Å²) in [6, 6.07) is 0.804. The third-order valence-electron chi connectivity index (χ3n) is 4.72. The van der Waals surface area contributed by atoms with Crippen molar-refractivity contribution >= 4 is 9.84 Å². The summed E-state index contributed by atoms with van der Waals surface area (Å²) < 4.78 is 23.6. The lowest BCUT2D eigenvalue weighted by Gasteiger charge is -2.38. The fourth-order valence-corrected chi connectivity index (χ4v) is 4.75. The van der Waals surface area contributed by atoms with Gasteiger partial charge in [-0.3, -0.25) is 4.90 Å². The first-order valence-electron chi connectivity index (χ1n) is 7.78. The molecule has 118 valence electrons. The molecule has 3 unspecified atom stereocenters. The van der Waals surface area contributed by atoms with Crippen molar-refractivity contribution in [3.05, 3.63) is 0 Å². The van der Waals surface area contributed by atoms with Gasteiger partial charge >= 0.3 is 0 Å². The van der Waals surface area contributed by atoms with E-state index in [4.69, 9.17) is 0 Å². The Morgan fingerprint density at radius 1 is 1.25 bits per heavy atom. The summed E-state index contributed by atoms with van der Waals surface area (Å²) >= 11 is 0. The summed E-state index contributed by atoms with van der Waals surface area (Å²) in [6.45, 7) is 2.81. The van der Waals surface area contributed by atoms with Gasteiger partial charge in [-0.1, -0.05) is 6.42 Å². The van der Waals surface area contributed by atoms with E-state index >= 15 is 0 Å². The van der Waals surface area contributed by atoms with Gasteiger partial charge in [-0.2, -0.15) is 0 Å². The van der Waals surface area contributed by atoms with Gasteiger partial charge in [0, 0.05) is 31.4 Å². The highest BCUT2D eigenvalue weighted by Gasteiger charge is 2.32. The van der Waals surface area contributed by atoms with Crippen LogP contribution in [0.4, 0.5) is 0 Å². The number of sulfone groups is 1. The summed E-state index contributed by atoms with van der Waals surface area (Å²) in [5.74, 6) is 0. The first kappa shape index (κ1) is 16.2. The average molecular weight is 304 g/mol. The van der Waals surface area contributed by atoms with Gasteiger partial charge in [0.1, 0.15) is 9.84 Å². The Bertz CT molecular complexity index is 393. The number of nitrogens with one attached hydrogen (secondary N) is 1. The molecule has 2 fully saturated rings. The maximum absolute atomic E-state index is 11.8. The van der Waals surface area contributed by atoms with Crippen LogP contribution >= 0.6 is 0 Å². The van der Waals surface area contributed by atoms with E-state index in [0.717, 1.165) is 38.8 Å². The van der Waals surface area contributed by atoms with Gasteiger partial charge in [0.25, 0.3) is 0 Å². The van der Waals surface area contributed by atoms with Crippen molar-refractivity contribution in [1.29, 1.82) is 0 Å². The molecule has 20 heavy (non-hydrogen) atoms. The van der Waals surface area contributed by atoms with Crippen molar-refractivity contribution in [3.63, 3.8) is 0 Å². The van der Waals surface area contributed by atoms with E-state index in [-0.39, 0.29) is 11.9 Å². The van der Waals surface area contributed by atoms with Crippen LogP contribution in [-0.2, 0) is 9.84 Å². The molecule has 0 spiro atoms. The van der Waals surface area contributed by atoms with E-state index in [1.807, 2.05) is 0 Å². The van der Waals surface area contributed by atoms with Gasteiger partial charge in [-0.05, 0) is 38.6 Å². The van der Waals surface area contributed by atoms with Crippen LogP contribution < -0.4 is 5.32 Å². The van der Waals surface area contributed by atoms with Crippen LogP contribution in [-0.4, -0.2) is 68.3 Å². The monoisotopic (exact) mass is 304 g/mol. The molecular weight excluding hydrogens is 276 g/mol. The lowest BCUT2D eigenvalue weighted by molar-refractivity contribution is 0.116. The largest absolute Gasteiger partial charge is 0.395 e. The van der Waals surface area contributed by atoms with Gasteiger partial charge in [-0.25, -0.2) is 8.42 Å². The van der Waals surface area contributed by atoms with Crippen molar-refractivity contribution in [1.82, 2.24) is 10.2 Å². The van der Waals surface area contributed by atoms with Crippen molar-refractivity contribution in [3.8, 4) is 0 Å². The zero-order chi connectivity index (χ0) is 14.6. The predicted octanol–water partition coefficient (Wildman–Crippen LogP) is 0.389. The Hall–Kier alpha value is -0.170. The number of aliphatic hydroxyl groups is 1. The molecule has 2 aliphatic rings. The standard InChI is InChI=1S/C14H28N2O3S/c1-20(18,19)14-6-2-5-13(10-14)16(8-9-17)11-12-4-3-7-15-12/h12-15,17H,2-11H2,1H3. The van der Waals surface area contributed by atoms with Gasteiger partial charge in [-0.15, -0.1) is 0 Å². The number of hydrogen-bond acceptors (Lipinski definition) is 5. The molecule has 0 radical (unpaired) electrons. The lowest BCUT2D eigenvalue weighted by atomic mass is 9.93. The number of hydrogen-bond donors (Lipinski definition) is 2. The molecule has 1 aliphatic carbocycles. The van der Waals surface area contributed by atoms with Crippen LogP contribution in [0.5, 0.6) is 0 Å². The van der Waals surface area contributed by atoms with Gasteiger partial charge in [0.15, 0.2) is 0 Å². The topological polar surface area (TPSA) is 69.6 Å². The smallest absolute Gasteiger partial charge is 0.150 e. The molecule has 6 heteroatoms. The van der Waals surface area contributed by atoms with Crippen molar-refractivity contribution in [2.24, 2.45) is 0 Å². The second kappa shape index (κ2) is 7.20. The minimum absolute atomic E-state index is 0.146. The molecule has 0 aromatic heterocycles. The summed E-state index contributed by atoms with van der Waals surface area (Å²) in [5.41, 5.74) is 0. The first-order chi connectivity index (χ1) is 9.50. The van der Waals surface area contributed by atoms with E-state index in [2.05, 4.69) is 10.2 Å². The molecule has 0 amide bonds. The van der Waals surface area contributed by atoms with E-state index in [1.165, 1.54) is 19.1 Å². The van der Waals surface area contributed by atoms with E-state index < -0.39 is 9.84 Å². The molecular formula is C14H28N2O3S. The van der Waals surface area contributed by atoms with Crippen LogP contribution in [0.15, 0.2) is 0 Å². The predicted molar refractivity (Wildman–Crippen MR) is 80.6 cm³/mol. The molecule has 1 saturated heterocycles. The highest BCUT2D eigenvalue weighted by molar-refractivity contribution is 7.91. The van der Waals surface area contributed by atoms with Gasteiger partial charge in [0.2, 0.25) is 0 Å². The Balaban J connectivity index is 1.96. The molecule has 2 N–H and O–H groups in total. The minimum Gasteiger partial charge on any atom is -0.395 e. The Morgan fingerprint density at radius 2 is 2.05 bits per heavy atom. The van der Waals surface area contributed by atoms with E-state index in [1.54, 1.807) is 0 Å². The third-order valence-corrected chi connectivity index (χ3v) is 6.36. The molecule has 0 aromatic carbocycles. The Labute approximate surface area is 122 Å². The Kier molecular flexibility index (Phi) is 5.84. The number of aliphatic hydroxyl groups excluding tert-OH is 1. The van der Waals surface area contributed by atoms with Crippen molar-refractivity contribution in [2.75, 3.05) is 32.5 Å². The second-order valence-corrected chi connectivity index (χ2v) is 8.61. The SMILES string of the molecule is CS(=O)(=O)C1CCCC(N(CCO)CC2CCCN2)C1. The van der Waals surface area contributed by atoms with Gasteiger partial charge < -0.3 is 10.4 Å². The third kappa shape index (κ3) is 4.41. The normalized spacial score (nSPS) is 31.9. The average Bonchev–Trinajstić information content (AvgIpc) is 2.90. The molecule has 5 nitrogen and oxygen atoms in total. The van der Waals surface area contributed by atoms with E-state index in [9.17, 15) is 13.5 Å². The minimum atomic E-state index is -2.94. The molecule has 0 bridgehead atoms. The fourth-order valence-electron chi connectivity index (χ4n) is 3.59. The Morgan fingerprint density at radius 3 is 2.65 bits per heavy atom.